The highest BCUT2D eigenvalue weighted by molar-refractivity contribution is 6.31. The second-order valence-electron chi connectivity index (χ2n) is 4.18. The lowest BCUT2D eigenvalue weighted by molar-refractivity contribution is -0.139. The summed E-state index contributed by atoms with van der Waals surface area (Å²) in [6.07, 6.45) is -0.715. The van der Waals surface area contributed by atoms with E-state index >= 15 is 0 Å². The maximum atomic E-state index is 11.9. The number of hydrogen-bond donors (Lipinski definition) is 2. The topological polar surface area (TPSA) is 75.6 Å². The molecule has 0 saturated carbocycles. The van der Waals surface area contributed by atoms with Crippen LogP contribution in [0.3, 0.4) is 0 Å². The Morgan fingerprint density at radius 1 is 1.42 bits per heavy atom. The van der Waals surface area contributed by atoms with Crippen LogP contribution in [0.25, 0.3) is 0 Å². The molecule has 0 aliphatic carbocycles. The summed E-state index contributed by atoms with van der Waals surface area (Å²) in [6, 6.07) is 5.02. The van der Waals surface area contributed by atoms with Crippen LogP contribution in [0.15, 0.2) is 18.2 Å². The average Bonchev–Trinajstić information content (AvgIpc) is 2.32. The van der Waals surface area contributed by atoms with Crippen LogP contribution in [0.5, 0.6) is 0 Å². The van der Waals surface area contributed by atoms with E-state index in [1.807, 2.05) is 6.92 Å². The minimum absolute atomic E-state index is 0.132. The number of methoxy groups -OCH3 is 1. The van der Waals surface area contributed by atoms with Gasteiger partial charge in [-0.05, 0) is 30.7 Å². The second kappa shape index (κ2) is 7.11. The van der Waals surface area contributed by atoms with Crippen molar-refractivity contribution in [1.82, 2.24) is 5.32 Å². The number of carboxylic acids is 1. The first-order valence-corrected chi connectivity index (χ1v) is 6.10. The highest BCUT2D eigenvalue weighted by Crippen LogP contribution is 2.14. The van der Waals surface area contributed by atoms with Gasteiger partial charge < -0.3 is 15.2 Å². The minimum Gasteiger partial charge on any atom is -0.481 e. The van der Waals surface area contributed by atoms with Crippen molar-refractivity contribution < 1.29 is 19.4 Å². The molecule has 1 rings (SSSR count). The Hall–Kier alpha value is -1.59. The van der Waals surface area contributed by atoms with Crippen molar-refractivity contribution in [1.29, 1.82) is 0 Å². The van der Waals surface area contributed by atoms with E-state index in [1.54, 1.807) is 18.2 Å². The van der Waals surface area contributed by atoms with Gasteiger partial charge in [0.25, 0.3) is 5.91 Å². The molecule has 5 nitrogen and oxygen atoms in total. The van der Waals surface area contributed by atoms with Gasteiger partial charge in [-0.2, -0.15) is 0 Å². The number of aryl methyl sites for hydroxylation is 1. The van der Waals surface area contributed by atoms with Gasteiger partial charge in [-0.1, -0.05) is 11.6 Å². The van der Waals surface area contributed by atoms with Crippen LogP contribution in [0.1, 0.15) is 22.3 Å². The fourth-order valence-electron chi connectivity index (χ4n) is 1.61. The first-order chi connectivity index (χ1) is 8.92. The molecular formula is C13H16ClNO4. The van der Waals surface area contributed by atoms with Gasteiger partial charge in [-0.3, -0.25) is 9.59 Å². The van der Waals surface area contributed by atoms with E-state index < -0.39 is 12.1 Å². The Balaban J connectivity index is 2.61. The van der Waals surface area contributed by atoms with Crippen LogP contribution in [0.4, 0.5) is 0 Å². The zero-order valence-electron chi connectivity index (χ0n) is 10.8. The van der Waals surface area contributed by atoms with Gasteiger partial charge in [-0.15, -0.1) is 0 Å². The van der Waals surface area contributed by atoms with Crippen molar-refractivity contribution in [2.45, 2.75) is 19.4 Å². The molecule has 19 heavy (non-hydrogen) atoms. The number of carboxylic acid groups (broad SMARTS) is 1. The van der Waals surface area contributed by atoms with Gasteiger partial charge >= 0.3 is 5.97 Å². The third-order valence-corrected chi connectivity index (χ3v) is 2.75. The van der Waals surface area contributed by atoms with Crippen molar-refractivity contribution in [2.24, 2.45) is 0 Å². The molecule has 0 saturated heterocycles. The summed E-state index contributed by atoms with van der Waals surface area (Å²) in [4.78, 5) is 22.4. The van der Waals surface area contributed by atoms with Crippen LogP contribution < -0.4 is 5.32 Å². The Morgan fingerprint density at radius 3 is 2.63 bits per heavy atom. The molecule has 1 unspecified atom stereocenters. The molecule has 1 aromatic rings. The van der Waals surface area contributed by atoms with Gasteiger partial charge in [0.1, 0.15) is 0 Å². The average molecular weight is 286 g/mol. The molecular weight excluding hydrogens is 270 g/mol. The van der Waals surface area contributed by atoms with Crippen LogP contribution in [-0.2, 0) is 9.53 Å². The predicted octanol–water partition coefficient (Wildman–Crippen LogP) is 1.87. The van der Waals surface area contributed by atoms with Crippen LogP contribution >= 0.6 is 11.6 Å². The molecule has 2 N–H and O–H groups in total. The molecule has 0 aliphatic rings. The number of halogens is 1. The maximum Gasteiger partial charge on any atom is 0.306 e. The van der Waals surface area contributed by atoms with Crippen molar-refractivity contribution in [3.63, 3.8) is 0 Å². The molecule has 0 fully saturated rings. The first kappa shape index (κ1) is 15.5. The number of nitrogens with one attached hydrogen (secondary N) is 1. The van der Waals surface area contributed by atoms with Gasteiger partial charge in [0.2, 0.25) is 0 Å². The van der Waals surface area contributed by atoms with E-state index in [-0.39, 0.29) is 18.9 Å². The summed E-state index contributed by atoms with van der Waals surface area (Å²) in [5.74, 6) is -1.28. The lowest BCUT2D eigenvalue weighted by Crippen LogP contribution is -2.34. The lowest BCUT2D eigenvalue weighted by Gasteiger charge is -2.14. The smallest absolute Gasteiger partial charge is 0.306 e. The quantitative estimate of drug-likeness (QED) is 0.836. The van der Waals surface area contributed by atoms with Crippen LogP contribution in [0, 0.1) is 6.92 Å². The van der Waals surface area contributed by atoms with Crippen molar-refractivity contribution in [3.05, 3.63) is 34.3 Å². The molecule has 6 heteroatoms. The van der Waals surface area contributed by atoms with Crippen molar-refractivity contribution >= 4 is 23.5 Å². The molecule has 104 valence electrons. The highest BCUT2D eigenvalue weighted by atomic mass is 35.5. The zero-order valence-corrected chi connectivity index (χ0v) is 11.5. The molecule has 0 spiro atoms. The normalized spacial score (nSPS) is 11.9. The maximum absolute atomic E-state index is 11.9. The Labute approximate surface area is 116 Å². The number of carbonyl (C=O) groups excluding carboxylic acids is 1. The van der Waals surface area contributed by atoms with E-state index in [9.17, 15) is 9.59 Å². The third-order valence-electron chi connectivity index (χ3n) is 2.53. The van der Waals surface area contributed by atoms with Crippen molar-refractivity contribution in [3.8, 4) is 0 Å². The van der Waals surface area contributed by atoms with E-state index in [1.165, 1.54) is 7.11 Å². The Kier molecular flexibility index (Phi) is 5.79. The summed E-state index contributed by atoms with van der Waals surface area (Å²) in [7, 11) is 1.41. The molecule has 0 aromatic heterocycles. The molecule has 0 radical (unpaired) electrons. The molecule has 0 aliphatic heterocycles. The number of rotatable bonds is 6. The summed E-state index contributed by atoms with van der Waals surface area (Å²) in [6.45, 7) is 1.97. The van der Waals surface area contributed by atoms with Crippen molar-refractivity contribution in [2.75, 3.05) is 13.7 Å². The third kappa shape index (κ3) is 5.28. The minimum atomic E-state index is -0.973. The summed E-state index contributed by atoms with van der Waals surface area (Å²) in [5, 5.41) is 11.8. The van der Waals surface area contributed by atoms with Crippen LogP contribution in [0.2, 0.25) is 5.02 Å². The summed E-state index contributed by atoms with van der Waals surface area (Å²) >= 11 is 5.87. The molecule has 1 atom stereocenters. The highest BCUT2D eigenvalue weighted by Gasteiger charge is 2.14. The number of hydrogen-bond acceptors (Lipinski definition) is 3. The SMILES string of the molecule is COC(CNC(=O)c1cc(C)cc(Cl)c1)CC(=O)O. The number of carbonyl (C=O) groups is 2. The largest absolute Gasteiger partial charge is 0.481 e. The molecule has 0 bridgehead atoms. The number of benzene rings is 1. The van der Waals surface area contributed by atoms with Gasteiger partial charge in [0.05, 0.1) is 12.5 Å². The Morgan fingerprint density at radius 2 is 2.11 bits per heavy atom. The zero-order chi connectivity index (χ0) is 14.4. The van der Waals surface area contributed by atoms with Gasteiger partial charge in [0, 0.05) is 24.2 Å². The fourth-order valence-corrected chi connectivity index (χ4v) is 1.90. The molecule has 1 amide bonds. The van der Waals surface area contributed by atoms with E-state index in [2.05, 4.69) is 5.32 Å². The number of amides is 1. The predicted molar refractivity (Wildman–Crippen MR) is 71.6 cm³/mol. The van der Waals surface area contributed by atoms with Gasteiger partial charge in [0.15, 0.2) is 0 Å². The second-order valence-corrected chi connectivity index (χ2v) is 4.62. The summed E-state index contributed by atoms with van der Waals surface area (Å²) < 4.78 is 4.97. The number of aliphatic carboxylic acids is 1. The van der Waals surface area contributed by atoms with Crippen LogP contribution in [-0.4, -0.2) is 36.7 Å². The standard InChI is InChI=1S/C13H16ClNO4/c1-8-3-9(5-10(14)4-8)13(18)15-7-11(19-2)6-12(16)17/h3-5,11H,6-7H2,1-2H3,(H,15,18)(H,16,17). The van der Waals surface area contributed by atoms with E-state index in [4.69, 9.17) is 21.4 Å². The molecule has 1 aromatic carbocycles. The lowest BCUT2D eigenvalue weighted by atomic mass is 10.1. The monoisotopic (exact) mass is 285 g/mol. The summed E-state index contributed by atoms with van der Waals surface area (Å²) in [5.41, 5.74) is 1.32. The van der Waals surface area contributed by atoms with Gasteiger partial charge in [-0.25, -0.2) is 0 Å². The molecule has 0 heterocycles. The van der Waals surface area contributed by atoms with E-state index in [0.29, 0.717) is 10.6 Å². The number of ether oxygens (including phenoxy) is 1. The van der Waals surface area contributed by atoms with E-state index in [0.717, 1.165) is 5.56 Å². The first-order valence-electron chi connectivity index (χ1n) is 5.72. The fraction of sp³-hybridized carbons (Fsp3) is 0.385. The Bertz CT molecular complexity index is 455.